The molecule has 0 spiro atoms. The van der Waals surface area contributed by atoms with Crippen LogP contribution < -0.4 is 9.64 Å². The molecular formula is C24H25FN4O2. The Labute approximate surface area is 181 Å². The van der Waals surface area contributed by atoms with Crippen molar-refractivity contribution < 1.29 is 13.9 Å². The van der Waals surface area contributed by atoms with Crippen LogP contribution in [0.1, 0.15) is 12.5 Å². The SMILES string of the molecule is Cc1ccccc1-c1ccc(N2CCN(C(=O)C(C)Oc3ccc(F)cc3)CC2)nn1. The van der Waals surface area contributed by atoms with Crippen LogP contribution >= 0.6 is 0 Å². The van der Waals surface area contributed by atoms with E-state index in [0.29, 0.717) is 31.9 Å². The van der Waals surface area contributed by atoms with Crippen LogP contribution in [0.2, 0.25) is 0 Å². The van der Waals surface area contributed by atoms with Crippen molar-refractivity contribution in [1.82, 2.24) is 15.1 Å². The molecule has 1 aromatic heterocycles. The zero-order chi connectivity index (χ0) is 21.8. The molecule has 1 aliphatic heterocycles. The lowest BCUT2D eigenvalue weighted by Crippen LogP contribution is -2.52. The quantitative estimate of drug-likeness (QED) is 0.630. The van der Waals surface area contributed by atoms with E-state index in [1.165, 1.54) is 24.3 Å². The standard InChI is InChI=1S/C24H25FN4O2/c1-17-5-3-4-6-21(17)22-11-12-23(27-26-22)28-13-15-29(16-14-28)24(30)18(2)31-20-9-7-19(25)8-10-20/h3-12,18H,13-16H2,1-2H3. The molecule has 31 heavy (non-hydrogen) atoms. The van der Waals surface area contributed by atoms with Gasteiger partial charge in [0, 0.05) is 31.7 Å². The summed E-state index contributed by atoms with van der Waals surface area (Å²) in [7, 11) is 0. The summed E-state index contributed by atoms with van der Waals surface area (Å²) in [4.78, 5) is 16.6. The second-order valence-electron chi connectivity index (χ2n) is 7.62. The van der Waals surface area contributed by atoms with Crippen LogP contribution in [0.15, 0.2) is 60.7 Å². The van der Waals surface area contributed by atoms with Gasteiger partial charge < -0.3 is 14.5 Å². The Morgan fingerprint density at radius 3 is 2.32 bits per heavy atom. The second-order valence-corrected chi connectivity index (χ2v) is 7.62. The second kappa shape index (κ2) is 9.12. The number of anilines is 1. The van der Waals surface area contributed by atoms with Gasteiger partial charge in [-0.1, -0.05) is 24.3 Å². The molecule has 2 heterocycles. The summed E-state index contributed by atoms with van der Waals surface area (Å²) in [6, 6.07) is 17.7. The van der Waals surface area contributed by atoms with Crippen LogP contribution in [0.3, 0.4) is 0 Å². The maximum atomic E-state index is 13.0. The molecule has 160 valence electrons. The number of piperazine rings is 1. The van der Waals surface area contributed by atoms with E-state index in [-0.39, 0.29) is 11.7 Å². The first-order valence-corrected chi connectivity index (χ1v) is 10.4. The fourth-order valence-electron chi connectivity index (χ4n) is 3.68. The summed E-state index contributed by atoms with van der Waals surface area (Å²) in [5, 5.41) is 8.81. The minimum absolute atomic E-state index is 0.0787. The fraction of sp³-hybridized carbons (Fsp3) is 0.292. The number of carbonyl (C=O) groups is 1. The first kappa shape index (κ1) is 20.8. The van der Waals surface area contributed by atoms with E-state index in [1.54, 1.807) is 11.8 Å². The zero-order valence-corrected chi connectivity index (χ0v) is 17.7. The van der Waals surface area contributed by atoms with Crippen LogP contribution in [-0.2, 0) is 4.79 Å². The van der Waals surface area contributed by atoms with Crippen LogP contribution in [0.25, 0.3) is 11.3 Å². The van der Waals surface area contributed by atoms with E-state index in [1.807, 2.05) is 30.3 Å². The molecular weight excluding hydrogens is 395 g/mol. The number of halogens is 1. The van der Waals surface area contributed by atoms with Crippen molar-refractivity contribution in [3.63, 3.8) is 0 Å². The van der Waals surface area contributed by atoms with Gasteiger partial charge in [0.1, 0.15) is 11.6 Å². The predicted molar refractivity (Wildman–Crippen MR) is 117 cm³/mol. The molecule has 0 bridgehead atoms. The molecule has 7 heteroatoms. The number of aromatic nitrogens is 2. The van der Waals surface area contributed by atoms with Gasteiger partial charge in [-0.25, -0.2) is 4.39 Å². The average molecular weight is 420 g/mol. The molecule has 2 aromatic carbocycles. The maximum absolute atomic E-state index is 13.0. The van der Waals surface area contributed by atoms with Crippen molar-refractivity contribution >= 4 is 11.7 Å². The summed E-state index contributed by atoms with van der Waals surface area (Å²) in [5.41, 5.74) is 3.09. The summed E-state index contributed by atoms with van der Waals surface area (Å²) in [5.74, 6) is 0.868. The molecule has 1 atom stereocenters. The Bertz CT molecular complexity index is 1030. The number of carbonyl (C=O) groups excluding carboxylic acids is 1. The van der Waals surface area contributed by atoms with Crippen LogP contribution in [-0.4, -0.2) is 53.3 Å². The molecule has 0 radical (unpaired) electrons. The highest BCUT2D eigenvalue weighted by Crippen LogP contribution is 2.22. The van der Waals surface area contributed by atoms with E-state index < -0.39 is 6.10 Å². The number of nitrogens with zero attached hydrogens (tertiary/aromatic N) is 4. The Kier molecular flexibility index (Phi) is 6.11. The van der Waals surface area contributed by atoms with Gasteiger partial charge in [0.2, 0.25) is 0 Å². The third-order valence-electron chi connectivity index (χ3n) is 5.46. The monoisotopic (exact) mass is 420 g/mol. The smallest absolute Gasteiger partial charge is 0.263 e. The Morgan fingerprint density at radius 2 is 1.68 bits per heavy atom. The third kappa shape index (κ3) is 4.82. The molecule has 0 saturated carbocycles. The number of hydrogen-bond acceptors (Lipinski definition) is 5. The molecule has 6 nitrogen and oxygen atoms in total. The number of ether oxygens (including phenoxy) is 1. The van der Waals surface area contributed by atoms with E-state index >= 15 is 0 Å². The number of hydrogen-bond donors (Lipinski definition) is 0. The van der Waals surface area contributed by atoms with Crippen LogP contribution in [0.5, 0.6) is 5.75 Å². The summed E-state index contributed by atoms with van der Waals surface area (Å²) >= 11 is 0. The molecule has 3 aromatic rings. The van der Waals surface area contributed by atoms with Crippen LogP contribution in [0.4, 0.5) is 10.2 Å². The van der Waals surface area contributed by atoms with Crippen molar-refractivity contribution in [3.8, 4) is 17.0 Å². The lowest BCUT2D eigenvalue weighted by Gasteiger charge is -2.36. The van der Waals surface area contributed by atoms with Crippen molar-refractivity contribution in [2.45, 2.75) is 20.0 Å². The van der Waals surface area contributed by atoms with E-state index in [9.17, 15) is 9.18 Å². The normalized spacial score (nSPS) is 14.9. The molecule has 0 aliphatic carbocycles. The Morgan fingerprint density at radius 1 is 0.968 bits per heavy atom. The van der Waals surface area contributed by atoms with Gasteiger partial charge in [-0.15, -0.1) is 10.2 Å². The van der Waals surface area contributed by atoms with Crippen molar-refractivity contribution in [2.24, 2.45) is 0 Å². The predicted octanol–water partition coefficient (Wildman–Crippen LogP) is 3.71. The van der Waals surface area contributed by atoms with Gasteiger partial charge in [-0.05, 0) is 55.8 Å². The molecule has 1 unspecified atom stereocenters. The first-order chi connectivity index (χ1) is 15.0. The minimum atomic E-state index is -0.634. The van der Waals surface area contributed by atoms with Crippen molar-refractivity contribution in [2.75, 3.05) is 31.1 Å². The number of amides is 1. The summed E-state index contributed by atoms with van der Waals surface area (Å²) in [6.07, 6.45) is -0.634. The Balaban J connectivity index is 1.33. The number of rotatable bonds is 5. The minimum Gasteiger partial charge on any atom is -0.481 e. The highest BCUT2D eigenvalue weighted by molar-refractivity contribution is 5.81. The average Bonchev–Trinajstić information content (AvgIpc) is 2.81. The first-order valence-electron chi connectivity index (χ1n) is 10.4. The lowest BCUT2D eigenvalue weighted by atomic mass is 10.1. The van der Waals surface area contributed by atoms with E-state index in [4.69, 9.17) is 4.74 Å². The van der Waals surface area contributed by atoms with Gasteiger partial charge in [-0.2, -0.15) is 0 Å². The molecule has 1 fully saturated rings. The lowest BCUT2D eigenvalue weighted by molar-refractivity contribution is -0.138. The molecule has 0 N–H and O–H groups in total. The molecule has 1 aliphatic rings. The Hall–Kier alpha value is -3.48. The maximum Gasteiger partial charge on any atom is 0.263 e. The van der Waals surface area contributed by atoms with Gasteiger partial charge in [0.25, 0.3) is 5.91 Å². The zero-order valence-electron chi connectivity index (χ0n) is 17.7. The van der Waals surface area contributed by atoms with E-state index in [2.05, 4.69) is 28.1 Å². The molecule has 4 rings (SSSR count). The van der Waals surface area contributed by atoms with Gasteiger partial charge in [0.05, 0.1) is 5.69 Å². The molecule has 1 saturated heterocycles. The summed E-state index contributed by atoms with van der Waals surface area (Å²) < 4.78 is 18.7. The van der Waals surface area contributed by atoms with Gasteiger partial charge in [0.15, 0.2) is 11.9 Å². The topological polar surface area (TPSA) is 58.6 Å². The highest BCUT2D eigenvalue weighted by Gasteiger charge is 2.26. The van der Waals surface area contributed by atoms with Crippen molar-refractivity contribution in [3.05, 3.63) is 72.0 Å². The largest absolute Gasteiger partial charge is 0.481 e. The third-order valence-corrected chi connectivity index (χ3v) is 5.46. The van der Waals surface area contributed by atoms with Crippen LogP contribution in [0, 0.1) is 12.7 Å². The number of aryl methyl sites for hydroxylation is 1. The number of benzene rings is 2. The van der Waals surface area contributed by atoms with Gasteiger partial charge in [-0.3, -0.25) is 4.79 Å². The summed E-state index contributed by atoms with van der Waals surface area (Å²) in [6.45, 7) is 6.28. The van der Waals surface area contributed by atoms with Gasteiger partial charge >= 0.3 is 0 Å². The van der Waals surface area contributed by atoms with Crippen molar-refractivity contribution in [1.29, 1.82) is 0 Å². The fourth-order valence-corrected chi connectivity index (χ4v) is 3.68. The molecule has 1 amide bonds. The highest BCUT2D eigenvalue weighted by atomic mass is 19.1. The van der Waals surface area contributed by atoms with E-state index in [0.717, 1.165) is 22.6 Å².